The molecule has 3 aromatic rings. The molecule has 0 saturated carbocycles. The highest BCUT2D eigenvalue weighted by molar-refractivity contribution is 6.12. The van der Waals surface area contributed by atoms with E-state index < -0.39 is 0 Å². The van der Waals surface area contributed by atoms with Crippen molar-refractivity contribution in [1.29, 1.82) is 0 Å². The third kappa shape index (κ3) is 2.53. The highest BCUT2D eigenvalue weighted by Gasteiger charge is 2.12. The zero-order valence-electron chi connectivity index (χ0n) is 11.5. The number of amides is 1. The number of carbonyl (C=O) groups excluding carboxylic acids is 1. The lowest BCUT2D eigenvalue weighted by molar-refractivity contribution is 0.102. The van der Waals surface area contributed by atoms with Crippen LogP contribution >= 0.6 is 0 Å². The van der Waals surface area contributed by atoms with Gasteiger partial charge in [-0.15, -0.1) is 0 Å². The first kappa shape index (κ1) is 13.1. The molecule has 1 aromatic heterocycles. The molecule has 21 heavy (non-hydrogen) atoms. The summed E-state index contributed by atoms with van der Waals surface area (Å²) in [4.78, 5) is 20.9. The van der Waals surface area contributed by atoms with Crippen molar-refractivity contribution in [2.75, 3.05) is 11.1 Å². The average molecular weight is 278 g/mol. The Labute approximate surface area is 121 Å². The van der Waals surface area contributed by atoms with E-state index in [0.29, 0.717) is 28.0 Å². The van der Waals surface area contributed by atoms with Crippen molar-refractivity contribution < 1.29 is 4.79 Å². The summed E-state index contributed by atoms with van der Waals surface area (Å²) in [5.41, 5.74) is 9.77. The van der Waals surface area contributed by atoms with Crippen LogP contribution in [0.1, 0.15) is 15.9 Å². The van der Waals surface area contributed by atoms with Gasteiger partial charge in [-0.1, -0.05) is 12.1 Å². The maximum absolute atomic E-state index is 12.5. The molecule has 104 valence electrons. The number of para-hydroxylation sites is 1. The number of rotatable bonds is 2. The van der Waals surface area contributed by atoms with E-state index in [1.54, 1.807) is 30.6 Å². The smallest absolute Gasteiger partial charge is 0.257 e. The van der Waals surface area contributed by atoms with E-state index in [9.17, 15) is 4.79 Å². The number of nitrogens with two attached hydrogens (primary N) is 1. The largest absolute Gasteiger partial charge is 0.397 e. The molecule has 0 fully saturated rings. The van der Waals surface area contributed by atoms with Crippen molar-refractivity contribution in [2.24, 2.45) is 0 Å². The molecule has 5 heteroatoms. The summed E-state index contributed by atoms with van der Waals surface area (Å²) < 4.78 is 0. The molecule has 0 aliphatic rings. The Bertz CT molecular complexity index is 824. The summed E-state index contributed by atoms with van der Waals surface area (Å²) in [6.45, 7) is 1.94. The second-order valence-electron chi connectivity index (χ2n) is 4.77. The summed E-state index contributed by atoms with van der Waals surface area (Å²) >= 11 is 0. The standard InChI is InChI=1S/C16H14N4O/c1-10-5-6-12(17)14(9-10)20-16(21)11-3-2-4-13-15(11)19-8-7-18-13/h2-9H,17H2,1H3,(H,20,21). The molecule has 1 amide bonds. The molecule has 0 radical (unpaired) electrons. The fourth-order valence-corrected chi connectivity index (χ4v) is 2.14. The van der Waals surface area contributed by atoms with E-state index in [1.807, 2.05) is 25.1 Å². The van der Waals surface area contributed by atoms with Crippen molar-refractivity contribution in [3.8, 4) is 0 Å². The third-order valence-electron chi connectivity index (χ3n) is 3.20. The van der Waals surface area contributed by atoms with E-state index in [2.05, 4.69) is 15.3 Å². The van der Waals surface area contributed by atoms with Crippen molar-refractivity contribution in [3.05, 3.63) is 59.9 Å². The van der Waals surface area contributed by atoms with Gasteiger partial charge in [-0.25, -0.2) is 0 Å². The topological polar surface area (TPSA) is 80.9 Å². The van der Waals surface area contributed by atoms with Crippen LogP contribution in [0.5, 0.6) is 0 Å². The van der Waals surface area contributed by atoms with Gasteiger partial charge in [0.15, 0.2) is 0 Å². The van der Waals surface area contributed by atoms with Crippen LogP contribution in [0.2, 0.25) is 0 Å². The zero-order valence-corrected chi connectivity index (χ0v) is 11.5. The van der Waals surface area contributed by atoms with Gasteiger partial charge in [-0.3, -0.25) is 14.8 Å². The molecular formula is C16H14N4O. The minimum atomic E-state index is -0.251. The van der Waals surface area contributed by atoms with Crippen molar-refractivity contribution in [3.63, 3.8) is 0 Å². The average Bonchev–Trinajstić information content (AvgIpc) is 2.50. The van der Waals surface area contributed by atoms with Crippen LogP contribution in [-0.2, 0) is 0 Å². The Morgan fingerprint density at radius 1 is 1.14 bits per heavy atom. The number of anilines is 2. The number of nitrogen functional groups attached to an aromatic ring is 1. The Morgan fingerprint density at radius 3 is 2.81 bits per heavy atom. The van der Waals surface area contributed by atoms with Crippen LogP contribution < -0.4 is 11.1 Å². The fraction of sp³-hybridized carbons (Fsp3) is 0.0625. The van der Waals surface area contributed by atoms with E-state index in [0.717, 1.165) is 5.56 Å². The van der Waals surface area contributed by atoms with Crippen molar-refractivity contribution >= 4 is 28.3 Å². The Kier molecular flexibility index (Phi) is 3.23. The van der Waals surface area contributed by atoms with E-state index in [1.165, 1.54) is 0 Å². The highest BCUT2D eigenvalue weighted by Crippen LogP contribution is 2.22. The Hall–Kier alpha value is -2.95. The molecule has 3 rings (SSSR count). The minimum absolute atomic E-state index is 0.251. The molecule has 0 aliphatic carbocycles. The van der Waals surface area contributed by atoms with Gasteiger partial charge >= 0.3 is 0 Å². The summed E-state index contributed by atoms with van der Waals surface area (Å²) in [5, 5.41) is 2.83. The van der Waals surface area contributed by atoms with Crippen LogP contribution in [0.3, 0.4) is 0 Å². The highest BCUT2D eigenvalue weighted by atomic mass is 16.1. The minimum Gasteiger partial charge on any atom is -0.397 e. The lowest BCUT2D eigenvalue weighted by Crippen LogP contribution is -2.14. The summed E-state index contributed by atoms with van der Waals surface area (Å²) in [7, 11) is 0. The molecule has 0 unspecified atom stereocenters. The molecule has 2 aromatic carbocycles. The van der Waals surface area contributed by atoms with Gasteiger partial charge < -0.3 is 11.1 Å². The normalized spacial score (nSPS) is 10.5. The monoisotopic (exact) mass is 278 g/mol. The second kappa shape index (κ2) is 5.20. The fourth-order valence-electron chi connectivity index (χ4n) is 2.14. The molecule has 3 N–H and O–H groups in total. The summed E-state index contributed by atoms with van der Waals surface area (Å²) in [5.74, 6) is -0.251. The first-order chi connectivity index (χ1) is 10.1. The van der Waals surface area contributed by atoms with Crippen molar-refractivity contribution in [1.82, 2.24) is 9.97 Å². The Balaban J connectivity index is 1.99. The number of aromatic nitrogens is 2. The van der Waals surface area contributed by atoms with Gasteiger partial charge in [-0.05, 0) is 36.8 Å². The van der Waals surface area contributed by atoms with Crippen LogP contribution in [0.15, 0.2) is 48.8 Å². The first-order valence-corrected chi connectivity index (χ1v) is 6.52. The van der Waals surface area contributed by atoms with Gasteiger partial charge in [-0.2, -0.15) is 0 Å². The zero-order chi connectivity index (χ0) is 14.8. The molecule has 0 atom stereocenters. The Morgan fingerprint density at radius 2 is 1.95 bits per heavy atom. The first-order valence-electron chi connectivity index (χ1n) is 6.52. The van der Waals surface area contributed by atoms with Crippen molar-refractivity contribution in [2.45, 2.75) is 6.92 Å². The lowest BCUT2D eigenvalue weighted by atomic mass is 10.1. The van der Waals surface area contributed by atoms with Crippen LogP contribution in [0, 0.1) is 6.92 Å². The second-order valence-corrected chi connectivity index (χ2v) is 4.77. The number of hydrogen-bond donors (Lipinski definition) is 2. The van der Waals surface area contributed by atoms with E-state index in [4.69, 9.17) is 5.73 Å². The van der Waals surface area contributed by atoms with Gasteiger partial charge in [0.1, 0.15) is 5.52 Å². The summed E-state index contributed by atoms with van der Waals surface area (Å²) in [6.07, 6.45) is 3.17. The number of aryl methyl sites for hydroxylation is 1. The molecule has 5 nitrogen and oxygen atoms in total. The molecule has 0 aliphatic heterocycles. The van der Waals surface area contributed by atoms with Gasteiger partial charge in [0.2, 0.25) is 0 Å². The maximum Gasteiger partial charge on any atom is 0.257 e. The van der Waals surface area contributed by atoms with E-state index in [-0.39, 0.29) is 5.91 Å². The summed E-state index contributed by atoms with van der Waals surface area (Å²) in [6, 6.07) is 10.8. The van der Waals surface area contributed by atoms with Gasteiger partial charge in [0.25, 0.3) is 5.91 Å². The van der Waals surface area contributed by atoms with E-state index >= 15 is 0 Å². The van der Waals surface area contributed by atoms with Gasteiger partial charge in [0.05, 0.1) is 22.5 Å². The number of nitrogens with zero attached hydrogens (tertiary/aromatic N) is 2. The molecule has 0 spiro atoms. The SMILES string of the molecule is Cc1ccc(N)c(NC(=O)c2cccc3nccnc23)c1. The number of fused-ring (bicyclic) bond motifs is 1. The quantitative estimate of drug-likeness (QED) is 0.706. The number of nitrogens with one attached hydrogen (secondary N) is 1. The van der Waals surface area contributed by atoms with Crippen LogP contribution in [-0.4, -0.2) is 15.9 Å². The van der Waals surface area contributed by atoms with Crippen LogP contribution in [0.4, 0.5) is 11.4 Å². The van der Waals surface area contributed by atoms with Crippen LogP contribution in [0.25, 0.3) is 11.0 Å². The predicted molar refractivity (Wildman–Crippen MR) is 83.1 cm³/mol. The molecule has 0 saturated heterocycles. The number of hydrogen-bond acceptors (Lipinski definition) is 4. The maximum atomic E-state index is 12.5. The molecular weight excluding hydrogens is 264 g/mol. The lowest BCUT2D eigenvalue weighted by Gasteiger charge is -2.10. The van der Waals surface area contributed by atoms with Gasteiger partial charge in [0, 0.05) is 12.4 Å². The number of benzene rings is 2. The molecule has 0 bridgehead atoms. The predicted octanol–water partition coefficient (Wildman–Crippen LogP) is 2.77. The number of carbonyl (C=O) groups is 1. The molecule has 1 heterocycles. The third-order valence-corrected chi connectivity index (χ3v) is 3.20.